The Labute approximate surface area is 144 Å². The number of carbonyl (C=O) groups is 4. The summed E-state index contributed by atoms with van der Waals surface area (Å²) in [5, 5.41) is 5.43. The number of hydrogen-bond acceptors (Lipinski definition) is 5. The zero-order chi connectivity index (χ0) is 16.1. The molecule has 0 saturated carbocycles. The summed E-state index contributed by atoms with van der Waals surface area (Å²) < 4.78 is 0. The van der Waals surface area contributed by atoms with E-state index >= 15 is 0 Å². The van der Waals surface area contributed by atoms with Gasteiger partial charge < -0.3 is 5.32 Å². The molecule has 1 aromatic rings. The molecule has 0 spiro atoms. The molecule has 2 N–H and O–H groups in total. The van der Waals surface area contributed by atoms with Crippen molar-refractivity contribution in [2.45, 2.75) is 31.8 Å². The summed E-state index contributed by atoms with van der Waals surface area (Å²) in [6.45, 7) is 1.51. The minimum absolute atomic E-state index is 0. The third-order valence-electron chi connectivity index (χ3n) is 4.65. The van der Waals surface area contributed by atoms with Crippen molar-refractivity contribution in [2.75, 3.05) is 6.54 Å². The summed E-state index contributed by atoms with van der Waals surface area (Å²) in [4.78, 5) is 49.6. The Bertz CT molecular complexity index is 732. The van der Waals surface area contributed by atoms with Crippen LogP contribution in [0.1, 0.15) is 44.7 Å². The molecule has 1 saturated heterocycles. The third-order valence-corrected chi connectivity index (χ3v) is 4.65. The molecule has 1 aromatic carbocycles. The van der Waals surface area contributed by atoms with Gasteiger partial charge in [-0.1, -0.05) is 0 Å². The number of piperidine rings is 1. The summed E-state index contributed by atoms with van der Waals surface area (Å²) in [6, 6.07) is 2.62. The maximum atomic E-state index is 12.6. The van der Waals surface area contributed by atoms with E-state index in [-0.39, 0.29) is 31.2 Å². The second kappa shape index (κ2) is 5.99. The van der Waals surface area contributed by atoms with Crippen molar-refractivity contribution in [2.24, 2.45) is 0 Å². The van der Waals surface area contributed by atoms with Gasteiger partial charge in [0, 0.05) is 13.0 Å². The first-order valence-corrected chi connectivity index (χ1v) is 7.64. The molecule has 1 atom stereocenters. The first-order valence-electron chi connectivity index (χ1n) is 7.64. The summed E-state index contributed by atoms with van der Waals surface area (Å²) in [5.74, 6) is -1.85. The predicted octanol–water partition coefficient (Wildman–Crippen LogP) is 0.155. The average Bonchev–Trinajstić information content (AvgIpc) is 2.77. The Balaban J connectivity index is 0.00000169. The Morgan fingerprint density at radius 2 is 1.62 bits per heavy atom. The van der Waals surface area contributed by atoms with Gasteiger partial charge in [-0.2, -0.15) is 0 Å². The van der Waals surface area contributed by atoms with Crippen LogP contribution in [0.4, 0.5) is 0 Å². The minimum Gasteiger partial charge on any atom is -0.312 e. The lowest BCUT2D eigenvalue weighted by molar-refractivity contribution is -0.136. The quantitative estimate of drug-likeness (QED) is 0.704. The predicted molar refractivity (Wildman–Crippen MR) is 85.8 cm³/mol. The minimum atomic E-state index is -0.907. The van der Waals surface area contributed by atoms with Crippen LogP contribution in [-0.4, -0.2) is 41.1 Å². The van der Waals surface area contributed by atoms with Crippen molar-refractivity contribution in [3.8, 4) is 0 Å². The lowest BCUT2D eigenvalue weighted by Gasteiger charge is -2.27. The molecular weight excluding hydrogens is 334 g/mol. The van der Waals surface area contributed by atoms with Crippen LogP contribution in [0.15, 0.2) is 12.1 Å². The number of halogens is 1. The van der Waals surface area contributed by atoms with Crippen LogP contribution in [0.25, 0.3) is 0 Å². The van der Waals surface area contributed by atoms with Crippen LogP contribution in [0.5, 0.6) is 0 Å². The van der Waals surface area contributed by atoms with E-state index in [4.69, 9.17) is 0 Å². The van der Waals surface area contributed by atoms with Crippen molar-refractivity contribution < 1.29 is 19.2 Å². The Morgan fingerprint density at radius 3 is 2.29 bits per heavy atom. The van der Waals surface area contributed by atoms with Gasteiger partial charge in [-0.25, -0.2) is 0 Å². The van der Waals surface area contributed by atoms with Gasteiger partial charge in [0.25, 0.3) is 11.8 Å². The number of amides is 4. The fourth-order valence-corrected chi connectivity index (χ4v) is 3.45. The van der Waals surface area contributed by atoms with Gasteiger partial charge in [-0.3, -0.25) is 29.4 Å². The van der Waals surface area contributed by atoms with Gasteiger partial charge in [-0.15, -0.1) is 12.4 Å². The molecule has 4 rings (SSSR count). The highest BCUT2D eigenvalue weighted by Gasteiger charge is 2.44. The molecule has 4 amide bonds. The number of fused-ring (bicyclic) bond motifs is 2. The number of benzene rings is 1. The molecule has 0 aliphatic carbocycles. The second-order valence-corrected chi connectivity index (χ2v) is 6.04. The Hall–Kier alpha value is -2.25. The van der Waals surface area contributed by atoms with Crippen molar-refractivity contribution in [1.29, 1.82) is 0 Å². The monoisotopic (exact) mass is 349 g/mol. The van der Waals surface area contributed by atoms with E-state index < -0.39 is 23.8 Å². The van der Waals surface area contributed by atoms with Crippen LogP contribution in [0, 0.1) is 0 Å². The fraction of sp³-hybridized carbons (Fsp3) is 0.375. The van der Waals surface area contributed by atoms with E-state index in [1.54, 1.807) is 12.1 Å². The molecule has 3 aliphatic rings. The molecule has 0 bridgehead atoms. The van der Waals surface area contributed by atoms with E-state index in [1.165, 1.54) is 0 Å². The molecule has 3 heterocycles. The second-order valence-electron chi connectivity index (χ2n) is 6.04. The smallest absolute Gasteiger partial charge is 0.262 e. The third kappa shape index (κ3) is 2.40. The van der Waals surface area contributed by atoms with E-state index in [1.807, 2.05) is 0 Å². The molecule has 126 valence electrons. The van der Waals surface area contributed by atoms with E-state index in [0.717, 1.165) is 29.0 Å². The van der Waals surface area contributed by atoms with Gasteiger partial charge in [0.2, 0.25) is 11.8 Å². The fourth-order valence-electron chi connectivity index (χ4n) is 3.45. The maximum Gasteiger partial charge on any atom is 0.262 e. The van der Waals surface area contributed by atoms with Crippen molar-refractivity contribution in [3.63, 3.8) is 0 Å². The highest BCUT2D eigenvalue weighted by Crippen LogP contribution is 2.30. The molecule has 7 nitrogen and oxygen atoms in total. The molecular formula is C16H16ClN3O4. The molecule has 8 heteroatoms. The van der Waals surface area contributed by atoms with Crippen molar-refractivity contribution >= 4 is 36.0 Å². The van der Waals surface area contributed by atoms with Crippen LogP contribution < -0.4 is 10.6 Å². The van der Waals surface area contributed by atoms with Gasteiger partial charge in [0.1, 0.15) is 6.04 Å². The lowest BCUT2D eigenvalue weighted by Crippen LogP contribution is -2.54. The Kier molecular flexibility index (Phi) is 4.15. The number of imide groups is 2. The molecule has 3 aliphatic heterocycles. The average molecular weight is 350 g/mol. The molecule has 1 unspecified atom stereocenters. The first-order chi connectivity index (χ1) is 11.1. The highest BCUT2D eigenvalue weighted by atomic mass is 35.5. The van der Waals surface area contributed by atoms with E-state index in [9.17, 15) is 19.2 Å². The summed E-state index contributed by atoms with van der Waals surface area (Å²) in [5.41, 5.74) is 2.79. The molecule has 0 aromatic heterocycles. The SMILES string of the molecule is Cl.O=C1CCC(N2C(=O)c3cc4c(cc3C2=O)CNCC4)C(=O)N1. The maximum absolute atomic E-state index is 12.6. The first kappa shape index (κ1) is 16.6. The molecule has 1 fully saturated rings. The number of carbonyl (C=O) groups excluding carboxylic acids is 4. The van der Waals surface area contributed by atoms with Gasteiger partial charge in [-0.05, 0) is 42.6 Å². The largest absolute Gasteiger partial charge is 0.312 e. The van der Waals surface area contributed by atoms with Crippen molar-refractivity contribution in [1.82, 2.24) is 15.5 Å². The molecule has 0 radical (unpaired) electrons. The van der Waals surface area contributed by atoms with Crippen LogP contribution in [0.3, 0.4) is 0 Å². The number of hydrogen-bond donors (Lipinski definition) is 2. The van der Waals surface area contributed by atoms with E-state index in [0.29, 0.717) is 17.7 Å². The van der Waals surface area contributed by atoms with Crippen LogP contribution >= 0.6 is 12.4 Å². The topological polar surface area (TPSA) is 95.6 Å². The summed E-state index contributed by atoms with van der Waals surface area (Å²) in [6.07, 6.45) is 1.12. The van der Waals surface area contributed by atoms with Crippen LogP contribution in [0.2, 0.25) is 0 Å². The van der Waals surface area contributed by atoms with Crippen LogP contribution in [-0.2, 0) is 22.6 Å². The zero-order valence-electron chi connectivity index (χ0n) is 12.8. The summed E-state index contributed by atoms with van der Waals surface area (Å²) >= 11 is 0. The van der Waals surface area contributed by atoms with E-state index in [2.05, 4.69) is 10.6 Å². The van der Waals surface area contributed by atoms with Gasteiger partial charge in [0.05, 0.1) is 11.1 Å². The molecule has 24 heavy (non-hydrogen) atoms. The number of rotatable bonds is 1. The zero-order valence-corrected chi connectivity index (χ0v) is 13.6. The number of nitrogens with zero attached hydrogens (tertiary/aromatic N) is 1. The standard InChI is InChI=1S/C16H15N3O4.ClH/c20-13-2-1-12(14(21)18-13)19-15(22)10-5-8-3-4-17-7-9(8)6-11(10)16(19)23;/h5-6,12,17H,1-4,7H2,(H,18,20,21);1H. The summed E-state index contributed by atoms with van der Waals surface area (Å²) in [7, 11) is 0. The highest BCUT2D eigenvalue weighted by molar-refractivity contribution is 6.23. The van der Waals surface area contributed by atoms with Crippen molar-refractivity contribution in [3.05, 3.63) is 34.4 Å². The lowest BCUT2D eigenvalue weighted by atomic mass is 9.95. The van der Waals surface area contributed by atoms with Gasteiger partial charge >= 0.3 is 0 Å². The number of nitrogens with one attached hydrogen (secondary N) is 2. The Morgan fingerprint density at radius 1 is 0.958 bits per heavy atom. The normalized spacial score (nSPS) is 22.7. The van der Waals surface area contributed by atoms with Gasteiger partial charge in [0.15, 0.2) is 0 Å².